The number of ether oxygens (including phenoxy) is 1. The van der Waals surface area contributed by atoms with Crippen LogP contribution in [0.15, 0.2) is 30.3 Å². The van der Waals surface area contributed by atoms with Crippen LogP contribution in [0.3, 0.4) is 0 Å². The highest BCUT2D eigenvalue weighted by molar-refractivity contribution is 6.04. The molecule has 0 radical (unpaired) electrons. The molecule has 25 heavy (non-hydrogen) atoms. The molecule has 0 aliphatic heterocycles. The zero-order valence-electron chi connectivity index (χ0n) is 14.5. The summed E-state index contributed by atoms with van der Waals surface area (Å²) < 4.78 is 5.06. The molecule has 2 rings (SSSR count). The molecule has 0 aliphatic rings. The molecule has 1 aromatic carbocycles. The maximum absolute atomic E-state index is 12.3. The molecular formula is C18H21N3O4. The van der Waals surface area contributed by atoms with E-state index < -0.39 is 18.5 Å². The predicted molar refractivity (Wildman–Crippen MR) is 93.1 cm³/mol. The molecule has 1 heterocycles. The van der Waals surface area contributed by atoms with Gasteiger partial charge in [-0.1, -0.05) is 18.2 Å². The van der Waals surface area contributed by atoms with Crippen molar-refractivity contribution in [3.63, 3.8) is 0 Å². The third-order valence-electron chi connectivity index (χ3n) is 3.29. The Morgan fingerprint density at radius 2 is 1.88 bits per heavy atom. The van der Waals surface area contributed by atoms with Crippen LogP contribution in [0, 0.1) is 6.92 Å². The van der Waals surface area contributed by atoms with E-state index in [9.17, 15) is 14.4 Å². The molecule has 0 saturated heterocycles. The number of nitrogens with zero attached hydrogens (tertiary/aromatic N) is 1. The van der Waals surface area contributed by atoms with Gasteiger partial charge in [0.1, 0.15) is 0 Å². The van der Waals surface area contributed by atoms with E-state index in [4.69, 9.17) is 4.74 Å². The third-order valence-corrected chi connectivity index (χ3v) is 3.29. The first-order chi connectivity index (χ1) is 11.9. The second-order valence-corrected chi connectivity index (χ2v) is 5.90. The van der Waals surface area contributed by atoms with Crippen LogP contribution in [-0.2, 0) is 14.3 Å². The first kappa shape index (κ1) is 18.4. The molecule has 2 aromatic rings. The van der Waals surface area contributed by atoms with Crippen molar-refractivity contribution in [3.8, 4) is 0 Å². The number of pyridine rings is 1. The van der Waals surface area contributed by atoms with Gasteiger partial charge in [0.2, 0.25) is 5.91 Å². The number of carbonyl (C=O) groups excluding carboxylic acids is 3. The largest absolute Gasteiger partial charge is 0.452 e. The van der Waals surface area contributed by atoms with Crippen molar-refractivity contribution in [2.24, 2.45) is 0 Å². The number of carbonyl (C=O) groups is 3. The SMILES string of the molecule is Cc1cc(C(=O)OCC(=O)NCC(=O)NC(C)C)c2ccccc2n1. The summed E-state index contributed by atoms with van der Waals surface area (Å²) in [6.07, 6.45) is 0. The monoisotopic (exact) mass is 343 g/mol. The molecule has 0 bridgehead atoms. The van der Waals surface area contributed by atoms with Crippen molar-refractivity contribution in [1.82, 2.24) is 15.6 Å². The molecule has 0 aliphatic carbocycles. The summed E-state index contributed by atoms with van der Waals surface area (Å²) in [5.41, 5.74) is 1.72. The molecule has 1 aromatic heterocycles. The van der Waals surface area contributed by atoms with E-state index in [0.717, 1.165) is 0 Å². The van der Waals surface area contributed by atoms with Crippen LogP contribution >= 0.6 is 0 Å². The summed E-state index contributed by atoms with van der Waals surface area (Å²) in [5, 5.41) is 5.71. The van der Waals surface area contributed by atoms with Crippen molar-refractivity contribution in [2.45, 2.75) is 26.8 Å². The lowest BCUT2D eigenvalue weighted by Crippen LogP contribution is -2.41. The normalized spacial score (nSPS) is 10.6. The fourth-order valence-electron chi connectivity index (χ4n) is 2.29. The van der Waals surface area contributed by atoms with Crippen molar-refractivity contribution in [3.05, 3.63) is 41.6 Å². The van der Waals surface area contributed by atoms with Gasteiger partial charge in [-0.15, -0.1) is 0 Å². The van der Waals surface area contributed by atoms with Gasteiger partial charge >= 0.3 is 5.97 Å². The number of aromatic nitrogens is 1. The van der Waals surface area contributed by atoms with Gasteiger partial charge in [-0.05, 0) is 32.9 Å². The highest BCUT2D eigenvalue weighted by atomic mass is 16.5. The first-order valence-electron chi connectivity index (χ1n) is 7.96. The summed E-state index contributed by atoms with van der Waals surface area (Å²) in [6, 6.07) is 8.83. The number of esters is 1. The van der Waals surface area contributed by atoms with E-state index in [1.807, 2.05) is 19.9 Å². The van der Waals surface area contributed by atoms with Crippen molar-refractivity contribution in [1.29, 1.82) is 0 Å². The number of para-hydroxylation sites is 1. The summed E-state index contributed by atoms with van der Waals surface area (Å²) in [7, 11) is 0. The quantitative estimate of drug-likeness (QED) is 0.772. The Labute approximate surface area is 145 Å². The number of hydrogen-bond acceptors (Lipinski definition) is 5. The smallest absolute Gasteiger partial charge is 0.339 e. The van der Waals surface area contributed by atoms with Crippen molar-refractivity contribution < 1.29 is 19.1 Å². The minimum atomic E-state index is -0.608. The van der Waals surface area contributed by atoms with Gasteiger partial charge in [-0.25, -0.2) is 4.79 Å². The van der Waals surface area contributed by atoms with Crippen LogP contribution in [0.2, 0.25) is 0 Å². The minimum Gasteiger partial charge on any atom is -0.452 e. The molecule has 7 nitrogen and oxygen atoms in total. The van der Waals surface area contributed by atoms with Crippen LogP contribution in [0.1, 0.15) is 29.9 Å². The van der Waals surface area contributed by atoms with Gasteiger partial charge in [-0.2, -0.15) is 0 Å². The lowest BCUT2D eigenvalue weighted by molar-refractivity contribution is -0.128. The Morgan fingerprint density at radius 3 is 2.60 bits per heavy atom. The van der Waals surface area contributed by atoms with Crippen LogP contribution < -0.4 is 10.6 Å². The fraction of sp³-hybridized carbons (Fsp3) is 0.333. The lowest BCUT2D eigenvalue weighted by atomic mass is 10.1. The standard InChI is InChI=1S/C18H21N3O4/c1-11(2)20-16(22)9-19-17(23)10-25-18(24)14-8-12(3)21-15-7-5-4-6-13(14)15/h4-8,11H,9-10H2,1-3H3,(H,19,23)(H,20,22). The zero-order valence-corrected chi connectivity index (χ0v) is 14.5. The predicted octanol–water partition coefficient (Wildman–Crippen LogP) is 1.34. The van der Waals surface area contributed by atoms with Gasteiger partial charge in [0.15, 0.2) is 6.61 Å². The number of amides is 2. The number of benzene rings is 1. The average Bonchev–Trinajstić information content (AvgIpc) is 2.56. The molecule has 2 amide bonds. The van der Waals surface area contributed by atoms with Gasteiger partial charge in [0, 0.05) is 17.1 Å². The fourth-order valence-corrected chi connectivity index (χ4v) is 2.29. The summed E-state index contributed by atoms with van der Waals surface area (Å²) >= 11 is 0. The molecule has 0 unspecified atom stereocenters. The minimum absolute atomic E-state index is 0.00885. The molecule has 132 valence electrons. The number of nitrogens with one attached hydrogen (secondary N) is 2. The van der Waals surface area contributed by atoms with E-state index in [2.05, 4.69) is 15.6 Å². The van der Waals surface area contributed by atoms with Gasteiger partial charge in [0.25, 0.3) is 5.91 Å². The Balaban J connectivity index is 1.95. The Hall–Kier alpha value is -2.96. The van der Waals surface area contributed by atoms with E-state index in [1.54, 1.807) is 31.2 Å². The van der Waals surface area contributed by atoms with E-state index in [0.29, 0.717) is 22.2 Å². The summed E-state index contributed by atoms with van der Waals surface area (Å²) in [5.74, 6) is -1.45. The van der Waals surface area contributed by atoms with E-state index in [-0.39, 0.29) is 18.5 Å². The maximum atomic E-state index is 12.3. The maximum Gasteiger partial charge on any atom is 0.339 e. The molecular weight excluding hydrogens is 322 g/mol. The van der Waals surface area contributed by atoms with Gasteiger partial charge in [0.05, 0.1) is 17.6 Å². The molecule has 0 atom stereocenters. The second kappa shape index (κ2) is 8.23. The Kier molecular flexibility index (Phi) is 6.05. The third kappa shape index (κ3) is 5.27. The number of hydrogen-bond donors (Lipinski definition) is 2. The van der Waals surface area contributed by atoms with Gasteiger partial charge in [-0.3, -0.25) is 14.6 Å². The Bertz CT molecular complexity index is 802. The molecule has 2 N–H and O–H groups in total. The first-order valence-corrected chi connectivity index (χ1v) is 7.96. The number of aryl methyl sites for hydroxylation is 1. The van der Waals surface area contributed by atoms with Crippen molar-refractivity contribution in [2.75, 3.05) is 13.2 Å². The van der Waals surface area contributed by atoms with E-state index >= 15 is 0 Å². The molecule has 0 fully saturated rings. The average molecular weight is 343 g/mol. The number of rotatable bonds is 6. The Morgan fingerprint density at radius 1 is 1.16 bits per heavy atom. The second-order valence-electron chi connectivity index (χ2n) is 5.90. The zero-order chi connectivity index (χ0) is 18.4. The highest BCUT2D eigenvalue weighted by Crippen LogP contribution is 2.18. The summed E-state index contributed by atoms with van der Waals surface area (Å²) in [6.45, 7) is 4.81. The molecule has 0 spiro atoms. The molecule has 7 heteroatoms. The summed E-state index contributed by atoms with van der Waals surface area (Å²) in [4.78, 5) is 39.8. The van der Waals surface area contributed by atoms with Gasteiger partial charge < -0.3 is 15.4 Å². The topological polar surface area (TPSA) is 97.4 Å². The van der Waals surface area contributed by atoms with E-state index in [1.165, 1.54) is 0 Å². The highest BCUT2D eigenvalue weighted by Gasteiger charge is 2.15. The lowest BCUT2D eigenvalue weighted by Gasteiger charge is -2.10. The number of fused-ring (bicyclic) bond motifs is 1. The van der Waals surface area contributed by atoms with Crippen LogP contribution in [-0.4, -0.2) is 42.0 Å². The van der Waals surface area contributed by atoms with Crippen molar-refractivity contribution >= 4 is 28.7 Å². The van der Waals surface area contributed by atoms with Crippen LogP contribution in [0.4, 0.5) is 0 Å². The molecule has 0 saturated carbocycles. The van der Waals surface area contributed by atoms with Crippen LogP contribution in [0.25, 0.3) is 10.9 Å². The van der Waals surface area contributed by atoms with Crippen LogP contribution in [0.5, 0.6) is 0 Å².